The molecule has 0 amide bonds. The highest BCUT2D eigenvalue weighted by Crippen LogP contribution is 2.11. The monoisotopic (exact) mass is 230 g/mol. The second-order valence-corrected chi connectivity index (χ2v) is 4.45. The van der Waals surface area contributed by atoms with Crippen molar-refractivity contribution in [1.29, 1.82) is 0 Å². The van der Waals surface area contributed by atoms with Gasteiger partial charge in [0.25, 0.3) is 0 Å². The van der Waals surface area contributed by atoms with Gasteiger partial charge in [-0.15, -0.1) is 0 Å². The molecule has 1 atom stereocenters. The molecule has 0 radical (unpaired) electrons. The summed E-state index contributed by atoms with van der Waals surface area (Å²) in [5, 5.41) is 0. The van der Waals surface area contributed by atoms with E-state index in [0.29, 0.717) is 6.42 Å². The van der Waals surface area contributed by atoms with Crippen LogP contribution in [0.2, 0.25) is 0 Å². The Kier molecular flexibility index (Phi) is 7.34. The third-order valence-electron chi connectivity index (χ3n) is 2.81. The van der Waals surface area contributed by atoms with Crippen LogP contribution in [0.15, 0.2) is 0 Å². The molecule has 0 saturated carbocycles. The van der Waals surface area contributed by atoms with Crippen LogP contribution in [-0.2, 0) is 9.53 Å². The molecule has 0 spiro atoms. The molecule has 96 valence electrons. The van der Waals surface area contributed by atoms with Gasteiger partial charge in [0.15, 0.2) is 0 Å². The van der Waals surface area contributed by atoms with Crippen LogP contribution in [0.1, 0.15) is 40.0 Å². The largest absolute Gasteiger partial charge is 0.468 e. The molecule has 0 rings (SSSR count). The summed E-state index contributed by atoms with van der Waals surface area (Å²) in [7, 11) is 1.38. The minimum Gasteiger partial charge on any atom is -0.468 e. The number of hydrogen-bond donors (Lipinski definition) is 1. The molecule has 0 heterocycles. The van der Waals surface area contributed by atoms with Crippen LogP contribution >= 0.6 is 0 Å². The van der Waals surface area contributed by atoms with Crippen LogP contribution in [-0.4, -0.2) is 43.2 Å². The predicted molar refractivity (Wildman–Crippen MR) is 66.2 cm³/mol. The number of nitrogens with zero attached hydrogens (tertiary/aromatic N) is 1. The summed E-state index contributed by atoms with van der Waals surface area (Å²) in [5.41, 5.74) is 5.03. The maximum atomic E-state index is 11.3. The number of carbonyl (C=O) groups is 1. The van der Waals surface area contributed by atoms with Crippen molar-refractivity contribution >= 4 is 5.97 Å². The standard InChI is InChI=1S/C12H26N2O2/c1-5-9-14(6-2)10-7-8-12(3,13)11(15)16-4/h5-10,13H2,1-4H3. The molecule has 0 aromatic rings. The Morgan fingerprint density at radius 2 is 2.00 bits per heavy atom. The Labute approximate surface area is 99.1 Å². The van der Waals surface area contributed by atoms with E-state index >= 15 is 0 Å². The molecule has 1 unspecified atom stereocenters. The van der Waals surface area contributed by atoms with Gasteiger partial charge in [-0.05, 0) is 45.8 Å². The first-order chi connectivity index (χ1) is 7.47. The van der Waals surface area contributed by atoms with E-state index in [1.165, 1.54) is 7.11 Å². The number of nitrogens with two attached hydrogens (primary N) is 1. The fraction of sp³-hybridized carbons (Fsp3) is 0.917. The number of rotatable bonds is 8. The van der Waals surface area contributed by atoms with Crippen LogP contribution in [0.4, 0.5) is 0 Å². The lowest BCUT2D eigenvalue weighted by Crippen LogP contribution is -2.46. The van der Waals surface area contributed by atoms with E-state index < -0.39 is 5.54 Å². The Morgan fingerprint density at radius 1 is 1.38 bits per heavy atom. The molecule has 0 fully saturated rings. The average molecular weight is 230 g/mol. The van der Waals surface area contributed by atoms with Crippen molar-refractivity contribution in [2.24, 2.45) is 5.73 Å². The molecule has 0 aromatic heterocycles. The van der Waals surface area contributed by atoms with Gasteiger partial charge < -0.3 is 15.4 Å². The molecule has 0 aliphatic heterocycles. The van der Waals surface area contributed by atoms with E-state index in [-0.39, 0.29) is 5.97 Å². The summed E-state index contributed by atoms with van der Waals surface area (Å²) in [6.07, 6.45) is 2.75. The average Bonchev–Trinajstić information content (AvgIpc) is 2.26. The quantitative estimate of drug-likeness (QED) is 0.640. The van der Waals surface area contributed by atoms with E-state index in [9.17, 15) is 4.79 Å². The first kappa shape index (κ1) is 15.4. The molecule has 4 heteroatoms. The molecule has 0 aliphatic carbocycles. The summed E-state index contributed by atoms with van der Waals surface area (Å²) < 4.78 is 4.67. The molecular formula is C12H26N2O2. The highest BCUT2D eigenvalue weighted by atomic mass is 16.5. The van der Waals surface area contributed by atoms with Crippen molar-refractivity contribution in [2.45, 2.75) is 45.6 Å². The van der Waals surface area contributed by atoms with Gasteiger partial charge in [-0.2, -0.15) is 0 Å². The van der Waals surface area contributed by atoms with E-state index in [1.54, 1.807) is 6.92 Å². The third-order valence-corrected chi connectivity index (χ3v) is 2.81. The fourth-order valence-electron chi connectivity index (χ4n) is 1.75. The van der Waals surface area contributed by atoms with Gasteiger partial charge in [-0.3, -0.25) is 4.79 Å². The Hall–Kier alpha value is -0.610. The SMILES string of the molecule is CCCN(CC)CCCC(C)(N)C(=O)OC. The van der Waals surface area contributed by atoms with Crippen molar-refractivity contribution in [2.75, 3.05) is 26.7 Å². The molecular weight excluding hydrogens is 204 g/mol. The Balaban J connectivity index is 3.91. The maximum Gasteiger partial charge on any atom is 0.325 e. The van der Waals surface area contributed by atoms with Crippen LogP contribution in [0, 0.1) is 0 Å². The van der Waals surface area contributed by atoms with E-state index in [4.69, 9.17) is 5.73 Å². The first-order valence-corrected chi connectivity index (χ1v) is 6.07. The first-order valence-electron chi connectivity index (χ1n) is 6.07. The smallest absolute Gasteiger partial charge is 0.325 e. The number of ether oxygens (including phenoxy) is 1. The molecule has 0 aliphatic rings. The fourth-order valence-corrected chi connectivity index (χ4v) is 1.75. The van der Waals surface area contributed by atoms with Crippen molar-refractivity contribution in [3.63, 3.8) is 0 Å². The predicted octanol–water partition coefficient (Wildman–Crippen LogP) is 1.39. The van der Waals surface area contributed by atoms with E-state index in [1.807, 2.05) is 0 Å². The van der Waals surface area contributed by atoms with Crippen LogP contribution < -0.4 is 5.73 Å². The zero-order valence-electron chi connectivity index (χ0n) is 11.1. The van der Waals surface area contributed by atoms with Crippen LogP contribution in [0.5, 0.6) is 0 Å². The highest BCUT2D eigenvalue weighted by Gasteiger charge is 2.28. The summed E-state index contributed by atoms with van der Waals surface area (Å²) >= 11 is 0. The lowest BCUT2D eigenvalue weighted by molar-refractivity contribution is -0.146. The number of esters is 1. The summed E-state index contributed by atoms with van der Waals surface area (Å²) in [4.78, 5) is 13.7. The maximum absolute atomic E-state index is 11.3. The molecule has 4 nitrogen and oxygen atoms in total. The lowest BCUT2D eigenvalue weighted by atomic mass is 9.97. The minimum atomic E-state index is -0.847. The van der Waals surface area contributed by atoms with E-state index in [2.05, 4.69) is 23.5 Å². The van der Waals surface area contributed by atoms with Crippen LogP contribution in [0.3, 0.4) is 0 Å². The summed E-state index contributed by atoms with van der Waals surface area (Å²) in [5.74, 6) is -0.328. The number of carbonyl (C=O) groups excluding carboxylic acids is 1. The van der Waals surface area contributed by atoms with Gasteiger partial charge in [0, 0.05) is 0 Å². The topological polar surface area (TPSA) is 55.6 Å². The molecule has 0 aromatic carbocycles. The van der Waals surface area contributed by atoms with Gasteiger partial charge in [-0.25, -0.2) is 0 Å². The van der Waals surface area contributed by atoms with Gasteiger partial charge >= 0.3 is 5.97 Å². The number of hydrogen-bond acceptors (Lipinski definition) is 4. The van der Waals surface area contributed by atoms with Crippen molar-refractivity contribution < 1.29 is 9.53 Å². The molecule has 0 bridgehead atoms. The van der Waals surface area contributed by atoms with Crippen molar-refractivity contribution in [3.05, 3.63) is 0 Å². The highest BCUT2D eigenvalue weighted by molar-refractivity contribution is 5.79. The van der Waals surface area contributed by atoms with E-state index in [0.717, 1.165) is 32.5 Å². The van der Waals surface area contributed by atoms with Crippen molar-refractivity contribution in [1.82, 2.24) is 4.90 Å². The van der Waals surface area contributed by atoms with Gasteiger partial charge in [-0.1, -0.05) is 13.8 Å². The second-order valence-electron chi connectivity index (χ2n) is 4.45. The zero-order chi connectivity index (χ0) is 12.6. The second kappa shape index (κ2) is 7.63. The molecule has 0 saturated heterocycles. The summed E-state index contributed by atoms with van der Waals surface area (Å²) in [6.45, 7) is 9.20. The Bertz CT molecular complexity index is 205. The van der Waals surface area contributed by atoms with Crippen molar-refractivity contribution in [3.8, 4) is 0 Å². The van der Waals surface area contributed by atoms with Gasteiger partial charge in [0.1, 0.15) is 5.54 Å². The Morgan fingerprint density at radius 3 is 2.44 bits per heavy atom. The van der Waals surface area contributed by atoms with Gasteiger partial charge in [0.2, 0.25) is 0 Å². The third kappa shape index (κ3) is 5.47. The normalized spacial score (nSPS) is 14.9. The summed E-state index contributed by atoms with van der Waals surface area (Å²) in [6, 6.07) is 0. The molecule has 16 heavy (non-hydrogen) atoms. The zero-order valence-corrected chi connectivity index (χ0v) is 11.1. The minimum absolute atomic E-state index is 0.328. The molecule has 2 N–H and O–H groups in total. The van der Waals surface area contributed by atoms with Crippen LogP contribution in [0.25, 0.3) is 0 Å². The van der Waals surface area contributed by atoms with Gasteiger partial charge in [0.05, 0.1) is 7.11 Å². The number of methoxy groups -OCH3 is 1. The lowest BCUT2D eigenvalue weighted by Gasteiger charge is -2.24.